The van der Waals surface area contributed by atoms with Gasteiger partial charge in [-0.3, -0.25) is 14.6 Å². The standard InChI is InChI=1S/C22H21N5O/c1-2-26-21(28)19-20(25(15-23-19)13-16-9-5-3-6-10-16)27-14-18(24-22(26)27)17-11-7-4-8-12-17/h3-12,15,18H,2,13-14H2,1H3. The number of aromatic nitrogens is 2. The molecule has 2 aromatic carbocycles. The molecule has 0 aliphatic carbocycles. The number of hydrogen-bond donors (Lipinski definition) is 0. The van der Waals surface area contributed by atoms with Crippen molar-refractivity contribution in [3.63, 3.8) is 0 Å². The highest BCUT2D eigenvalue weighted by Crippen LogP contribution is 2.36. The van der Waals surface area contributed by atoms with Crippen molar-refractivity contribution in [2.75, 3.05) is 18.0 Å². The Bertz CT molecular complexity index is 1040. The zero-order valence-corrected chi connectivity index (χ0v) is 15.7. The number of imidazole rings is 1. The number of guanidine groups is 1. The van der Waals surface area contributed by atoms with Crippen molar-refractivity contribution >= 4 is 17.7 Å². The van der Waals surface area contributed by atoms with Crippen LogP contribution < -0.4 is 4.90 Å². The lowest BCUT2D eigenvalue weighted by Crippen LogP contribution is -2.50. The number of benzene rings is 2. The van der Waals surface area contributed by atoms with Gasteiger partial charge in [-0.15, -0.1) is 0 Å². The van der Waals surface area contributed by atoms with Gasteiger partial charge in [0.2, 0.25) is 5.96 Å². The Labute approximate surface area is 163 Å². The van der Waals surface area contributed by atoms with Crippen LogP contribution >= 0.6 is 0 Å². The Morgan fingerprint density at radius 1 is 1.04 bits per heavy atom. The third-order valence-electron chi connectivity index (χ3n) is 5.32. The van der Waals surface area contributed by atoms with E-state index in [1.54, 1.807) is 11.2 Å². The highest BCUT2D eigenvalue weighted by molar-refractivity contribution is 6.18. The summed E-state index contributed by atoms with van der Waals surface area (Å²) in [7, 11) is 0. The molecule has 1 amide bonds. The number of anilines is 1. The highest BCUT2D eigenvalue weighted by Gasteiger charge is 2.42. The maximum Gasteiger partial charge on any atom is 0.283 e. The number of nitrogens with zero attached hydrogens (tertiary/aromatic N) is 5. The molecule has 0 saturated heterocycles. The molecule has 0 bridgehead atoms. The van der Waals surface area contributed by atoms with E-state index in [1.165, 1.54) is 5.56 Å². The molecule has 5 rings (SSSR count). The molecule has 0 radical (unpaired) electrons. The number of fused-ring (bicyclic) bond motifs is 3. The van der Waals surface area contributed by atoms with Crippen molar-refractivity contribution in [3.05, 3.63) is 83.8 Å². The lowest BCUT2D eigenvalue weighted by atomic mass is 10.1. The minimum absolute atomic E-state index is 0.00377. The molecular formula is C22H21N5O. The first-order valence-electron chi connectivity index (χ1n) is 9.57. The Morgan fingerprint density at radius 3 is 2.46 bits per heavy atom. The summed E-state index contributed by atoms with van der Waals surface area (Å²) in [5, 5.41) is 0. The molecule has 1 unspecified atom stereocenters. The van der Waals surface area contributed by atoms with Crippen LogP contribution in [0.3, 0.4) is 0 Å². The van der Waals surface area contributed by atoms with E-state index in [0.717, 1.165) is 17.3 Å². The molecule has 3 aromatic rings. The third-order valence-corrected chi connectivity index (χ3v) is 5.32. The second-order valence-corrected chi connectivity index (χ2v) is 7.05. The normalized spacial score (nSPS) is 18.1. The van der Waals surface area contributed by atoms with Crippen LogP contribution in [0.4, 0.5) is 5.82 Å². The average molecular weight is 371 g/mol. The van der Waals surface area contributed by atoms with Crippen LogP contribution in [0.15, 0.2) is 72.0 Å². The SMILES string of the molecule is CCN1C(=O)c2ncn(Cc3ccccc3)c2N2CC(c3ccccc3)N=C12. The maximum absolute atomic E-state index is 13.0. The predicted octanol–water partition coefficient (Wildman–Crippen LogP) is 3.32. The molecule has 0 saturated carbocycles. The quantitative estimate of drug-likeness (QED) is 0.707. The number of carbonyl (C=O) groups excluding carboxylic acids is 1. The summed E-state index contributed by atoms with van der Waals surface area (Å²) in [6, 6.07) is 20.5. The lowest BCUT2D eigenvalue weighted by Gasteiger charge is -2.33. The van der Waals surface area contributed by atoms with Crippen LogP contribution in [0.2, 0.25) is 0 Å². The summed E-state index contributed by atoms with van der Waals surface area (Å²) in [5.74, 6) is 1.49. The Balaban J connectivity index is 1.57. The third kappa shape index (κ3) is 2.60. The van der Waals surface area contributed by atoms with Gasteiger partial charge in [-0.1, -0.05) is 60.7 Å². The van der Waals surface area contributed by atoms with E-state index in [-0.39, 0.29) is 11.9 Å². The van der Waals surface area contributed by atoms with E-state index in [9.17, 15) is 4.79 Å². The second kappa shape index (κ2) is 6.64. The predicted molar refractivity (Wildman–Crippen MR) is 108 cm³/mol. The summed E-state index contributed by atoms with van der Waals surface area (Å²) in [4.78, 5) is 26.3. The van der Waals surface area contributed by atoms with Crippen molar-refractivity contribution < 1.29 is 4.79 Å². The monoisotopic (exact) mass is 371 g/mol. The van der Waals surface area contributed by atoms with Crippen LogP contribution in [0.25, 0.3) is 0 Å². The van der Waals surface area contributed by atoms with E-state index < -0.39 is 0 Å². The zero-order chi connectivity index (χ0) is 19.1. The van der Waals surface area contributed by atoms with Crippen LogP contribution in [0, 0.1) is 0 Å². The number of carbonyl (C=O) groups is 1. The molecule has 1 aromatic heterocycles. The van der Waals surface area contributed by atoms with Gasteiger partial charge in [0.1, 0.15) is 5.82 Å². The van der Waals surface area contributed by atoms with Crippen molar-refractivity contribution in [3.8, 4) is 0 Å². The van der Waals surface area contributed by atoms with E-state index in [1.807, 2.05) is 43.3 Å². The van der Waals surface area contributed by atoms with Gasteiger partial charge in [-0.25, -0.2) is 9.98 Å². The summed E-state index contributed by atoms with van der Waals surface area (Å²) in [5.41, 5.74) is 2.83. The van der Waals surface area contributed by atoms with Gasteiger partial charge in [0.25, 0.3) is 5.91 Å². The smallest absolute Gasteiger partial charge is 0.283 e. The Morgan fingerprint density at radius 2 is 1.75 bits per heavy atom. The fraction of sp³-hybridized carbons (Fsp3) is 0.227. The lowest BCUT2D eigenvalue weighted by molar-refractivity contribution is 0.0841. The van der Waals surface area contributed by atoms with E-state index >= 15 is 0 Å². The molecule has 28 heavy (non-hydrogen) atoms. The van der Waals surface area contributed by atoms with Crippen molar-refractivity contribution in [2.45, 2.75) is 19.5 Å². The molecule has 140 valence electrons. The van der Waals surface area contributed by atoms with Crippen LogP contribution in [-0.4, -0.2) is 39.4 Å². The van der Waals surface area contributed by atoms with Gasteiger partial charge in [0.05, 0.1) is 25.5 Å². The van der Waals surface area contributed by atoms with Crippen molar-refractivity contribution in [1.82, 2.24) is 14.5 Å². The Hall–Kier alpha value is -3.41. The topological polar surface area (TPSA) is 53.7 Å². The van der Waals surface area contributed by atoms with Gasteiger partial charge < -0.3 is 4.57 Å². The minimum atomic E-state index is -0.0759. The zero-order valence-electron chi connectivity index (χ0n) is 15.7. The molecule has 6 nitrogen and oxygen atoms in total. The van der Waals surface area contributed by atoms with E-state index in [2.05, 4.69) is 38.7 Å². The number of aliphatic imine (C=N–C) groups is 1. The maximum atomic E-state index is 13.0. The van der Waals surface area contributed by atoms with Crippen LogP contribution in [0.1, 0.15) is 34.6 Å². The fourth-order valence-electron chi connectivity index (χ4n) is 3.97. The van der Waals surface area contributed by atoms with Crippen molar-refractivity contribution in [2.24, 2.45) is 4.99 Å². The molecular weight excluding hydrogens is 350 g/mol. The first-order chi connectivity index (χ1) is 13.8. The van der Waals surface area contributed by atoms with Gasteiger partial charge in [-0.2, -0.15) is 0 Å². The molecule has 2 aliphatic rings. The van der Waals surface area contributed by atoms with Crippen LogP contribution in [-0.2, 0) is 6.54 Å². The molecule has 0 fully saturated rings. The van der Waals surface area contributed by atoms with E-state index in [0.29, 0.717) is 25.3 Å². The molecule has 0 spiro atoms. The summed E-state index contributed by atoms with van der Waals surface area (Å²) in [6.07, 6.45) is 1.77. The Kier molecular flexibility index (Phi) is 3.97. The molecule has 1 atom stereocenters. The molecule has 2 aliphatic heterocycles. The summed E-state index contributed by atoms with van der Waals surface area (Å²) in [6.45, 7) is 3.92. The number of amides is 1. The van der Waals surface area contributed by atoms with Gasteiger partial charge in [-0.05, 0) is 18.1 Å². The first kappa shape index (κ1) is 16.7. The summed E-state index contributed by atoms with van der Waals surface area (Å²) < 4.78 is 2.05. The second-order valence-electron chi connectivity index (χ2n) is 7.05. The van der Waals surface area contributed by atoms with Gasteiger partial charge in [0.15, 0.2) is 5.69 Å². The highest BCUT2D eigenvalue weighted by atomic mass is 16.2. The number of hydrogen-bond acceptors (Lipinski definition) is 4. The average Bonchev–Trinajstić information content (AvgIpc) is 3.35. The minimum Gasteiger partial charge on any atom is -0.312 e. The number of rotatable bonds is 4. The molecule has 3 heterocycles. The van der Waals surface area contributed by atoms with Gasteiger partial charge in [0, 0.05) is 6.54 Å². The van der Waals surface area contributed by atoms with Crippen LogP contribution in [0.5, 0.6) is 0 Å². The first-order valence-corrected chi connectivity index (χ1v) is 9.57. The largest absolute Gasteiger partial charge is 0.312 e. The molecule has 6 heteroatoms. The van der Waals surface area contributed by atoms with E-state index in [4.69, 9.17) is 4.99 Å². The van der Waals surface area contributed by atoms with Crippen molar-refractivity contribution in [1.29, 1.82) is 0 Å². The summed E-state index contributed by atoms with van der Waals surface area (Å²) >= 11 is 0. The fourth-order valence-corrected chi connectivity index (χ4v) is 3.97. The van der Waals surface area contributed by atoms with Gasteiger partial charge >= 0.3 is 0 Å². The molecule has 0 N–H and O–H groups in total.